The van der Waals surface area contributed by atoms with Gasteiger partial charge in [-0.3, -0.25) is 4.79 Å². The maximum atomic E-state index is 11.4. The fourth-order valence-electron chi connectivity index (χ4n) is 1.13. The van der Waals surface area contributed by atoms with Crippen LogP contribution in [0, 0.1) is 0 Å². The van der Waals surface area contributed by atoms with E-state index in [0.717, 1.165) is 0 Å². The number of aliphatic hydroxyl groups is 1. The van der Waals surface area contributed by atoms with Crippen molar-refractivity contribution in [2.45, 2.75) is 6.04 Å². The van der Waals surface area contributed by atoms with E-state index in [0.29, 0.717) is 10.2 Å². The van der Waals surface area contributed by atoms with Crippen molar-refractivity contribution in [2.75, 3.05) is 13.2 Å². The molecule has 3 N–H and O–H groups in total. The van der Waals surface area contributed by atoms with Gasteiger partial charge < -0.3 is 20.3 Å². The quantitative estimate of drug-likeness (QED) is 0.705. The number of halogens is 1. The number of carboxylic acids is 1. The Bertz CT molecular complexity index is 437. The molecule has 1 amide bonds. The van der Waals surface area contributed by atoms with Gasteiger partial charge in [-0.25, -0.2) is 4.79 Å². The zero-order chi connectivity index (χ0) is 13.5. The molecular formula is C11H12BrNO5. The van der Waals surface area contributed by atoms with E-state index < -0.39 is 24.5 Å². The van der Waals surface area contributed by atoms with Gasteiger partial charge in [0.25, 0.3) is 5.91 Å². The van der Waals surface area contributed by atoms with Crippen LogP contribution >= 0.6 is 15.9 Å². The van der Waals surface area contributed by atoms with Gasteiger partial charge in [0.05, 0.1) is 11.1 Å². The Morgan fingerprint density at radius 2 is 2.06 bits per heavy atom. The average Bonchev–Trinajstić information content (AvgIpc) is 2.34. The van der Waals surface area contributed by atoms with Gasteiger partial charge in [0.1, 0.15) is 11.8 Å². The number of nitrogens with one attached hydrogen (secondary N) is 1. The number of aliphatic hydroxyl groups excluding tert-OH is 1. The number of carbonyl (C=O) groups excluding carboxylic acids is 1. The van der Waals surface area contributed by atoms with Crippen LogP contribution in [0.4, 0.5) is 0 Å². The van der Waals surface area contributed by atoms with E-state index in [4.69, 9.17) is 14.9 Å². The van der Waals surface area contributed by atoms with Crippen molar-refractivity contribution in [3.8, 4) is 5.75 Å². The summed E-state index contributed by atoms with van der Waals surface area (Å²) in [6.45, 7) is -0.998. The molecule has 0 saturated carbocycles. The Hall–Kier alpha value is -1.60. The SMILES string of the molecule is O=C(COc1ccccc1Br)N[C@@H](CO)C(=O)O. The molecule has 0 unspecified atom stereocenters. The number of hydrogen-bond acceptors (Lipinski definition) is 4. The molecule has 1 rings (SSSR count). The summed E-state index contributed by atoms with van der Waals surface area (Å²) in [5, 5.41) is 19.5. The predicted octanol–water partition coefficient (Wildman–Crippen LogP) is 0.390. The average molecular weight is 318 g/mol. The molecule has 0 bridgehead atoms. The molecule has 0 aliphatic heterocycles. The molecule has 0 aromatic heterocycles. The Labute approximate surface area is 112 Å². The highest BCUT2D eigenvalue weighted by Gasteiger charge is 2.18. The minimum absolute atomic E-state index is 0.327. The molecule has 0 aliphatic rings. The van der Waals surface area contributed by atoms with Crippen LogP contribution < -0.4 is 10.1 Å². The van der Waals surface area contributed by atoms with E-state index in [1.807, 2.05) is 0 Å². The minimum Gasteiger partial charge on any atom is -0.483 e. The van der Waals surface area contributed by atoms with Crippen LogP contribution in [0.3, 0.4) is 0 Å². The highest BCUT2D eigenvalue weighted by molar-refractivity contribution is 9.10. The molecule has 0 aliphatic carbocycles. The topological polar surface area (TPSA) is 95.9 Å². The van der Waals surface area contributed by atoms with E-state index in [9.17, 15) is 9.59 Å². The van der Waals surface area contributed by atoms with Crippen LogP contribution in [0.15, 0.2) is 28.7 Å². The van der Waals surface area contributed by atoms with Gasteiger partial charge in [-0.05, 0) is 28.1 Å². The zero-order valence-corrected chi connectivity index (χ0v) is 10.9. The number of aliphatic carboxylic acids is 1. The minimum atomic E-state index is -1.32. The molecule has 7 heteroatoms. The van der Waals surface area contributed by atoms with Crippen molar-refractivity contribution in [1.82, 2.24) is 5.32 Å². The van der Waals surface area contributed by atoms with Gasteiger partial charge >= 0.3 is 5.97 Å². The maximum Gasteiger partial charge on any atom is 0.328 e. The second-order valence-electron chi connectivity index (χ2n) is 3.36. The van der Waals surface area contributed by atoms with Crippen molar-refractivity contribution >= 4 is 27.8 Å². The van der Waals surface area contributed by atoms with E-state index >= 15 is 0 Å². The van der Waals surface area contributed by atoms with Crippen molar-refractivity contribution in [3.05, 3.63) is 28.7 Å². The molecule has 0 saturated heterocycles. The van der Waals surface area contributed by atoms with Crippen LogP contribution in [-0.4, -0.2) is 41.3 Å². The summed E-state index contributed by atoms with van der Waals surface area (Å²) in [7, 11) is 0. The number of benzene rings is 1. The Morgan fingerprint density at radius 1 is 1.39 bits per heavy atom. The fraction of sp³-hybridized carbons (Fsp3) is 0.273. The molecular weight excluding hydrogens is 306 g/mol. The summed E-state index contributed by atoms with van der Waals surface area (Å²) in [5.41, 5.74) is 0. The number of ether oxygens (including phenoxy) is 1. The van der Waals surface area contributed by atoms with Crippen molar-refractivity contribution < 1.29 is 24.5 Å². The summed E-state index contributed by atoms with van der Waals surface area (Å²) >= 11 is 3.24. The van der Waals surface area contributed by atoms with Gasteiger partial charge in [-0.15, -0.1) is 0 Å². The van der Waals surface area contributed by atoms with Gasteiger partial charge in [-0.1, -0.05) is 12.1 Å². The van der Waals surface area contributed by atoms with Crippen LogP contribution in [-0.2, 0) is 9.59 Å². The summed E-state index contributed by atoms with van der Waals surface area (Å²) < 4.78 is 5.88. The number of para-hydroxylation sites is 1. The lowest BCUT2D eigenvalue weighted by Gasteiger charge is -2.12. The molecule has 98 valence electrons. The second-order valence-corrected chi connectivity index (χ2v) is 4.21. The maximum absolute atomic E-state index is 11.4. The van der Waals surface area contributed by atoms with Crippen molar-refractivity contribution in [3.63, 3.8) is 0 Å². The summed E-state index contributed by atoms with van der Waals surface area (Å²) in [4.78, 5) is 21.9. The van der Waals surface area contributed by atoms with Gasteiger partial charge in [0.2, 0.25) is 0 Å². The third kappa shape index (κ3) is 4.34. The summed E-state index contributed by atoms with van der Waals surface area (Å²) in [5.74, 6) is -1.44. The Morgan fingerprint density at radius 3 is 2.61 bits per heavy atom. The van der Waals surface area contributed by atoms with Crippen molar-refractivity contribution in [2.24, 2.45) is 0 Å². The zero-order valence-electron chi connectivity index (χ0n) is 9.30. The Kier molecular flexibility index (Phi) is 5.60. The van der Waals surface area contributed by atoms with Crippen LogP contribution in [0.2, 0.25) is 0 Å². The van der Waals surface area contributed by atoms with Gasteiger partial charge in [-0.2, -0.15) is 0 Å². The third-order valence-electron chi connectivity index (χ3n) is 2.01. The summed E-state index contributed by atoms with van der Waals surface area (Å²) in [6, 6.07) is 5.63. The molecule has 0 heterocycles. The van der Waals surface area contributed by atoms with Crippen LogP contribution in [0.25, 0.3) is 0 Å². The van der Waals surface area contributed by atoms with Crippen LogP contribution in [0.1, 0.15) is 0 Å². The monoisotopic (exact) mass is 317 g/mol. The highest BCUT2D eigenvalue weighted by Crippen LogP contribution is 2.23. The smallest absolute Gasteiger partial charge is 0.328 e. The Balaban J connectivity index is 2.47. The molecule has 0 fully saturated rings. The molecule has 6 nitrogen and oxygen atoms in total. The number of rotatable bonds is 6. The molecule has 1 aromatic carbocycles. The first-order valence-corrected chi connectivity index (χ1v) is 5.84. The molecule has 0 radical (unpaired) electrons. The largest absolute Gasteiger partial charge is 0.483 e. The lowest BCUT2D eigenvalue weighted by Crippen LogP contribution is -2.45. The van der Waals surface area contributed by atoms with E-state index in [1.165, 1.54) is 0 Å². The lowest BCUT2D eigenvalue weighted by molar-refractivity contribution is -0.143. The van der Waals surface area contributed by atoms with E-state index in [1.54, 1.807) is 24.3 Å². The lowest BCUT2D eigenvalue weighted by atomic mass is 10.3. The standard InChI is InChI=1S/C11H12BrNO5/c12-7-3-1-2-4-9(7)18-6-10(15)13-8(5-14)11(16)17/h1-4,8,14H,5-6H2,(H,13,15)(H,16,17)/t8-/m0/s1. The number of hydrogen-bond donors (Lipinski definition) is 3. The van der Waals surface area contributed by atoms with E-state index in [-0.39, 0.29) is 6.61 Å². The normalized spacial score (nSPS) is 11.7. The second kappa shape index (κ2) is 6.97. The molecule has 18 heavy (non-hydrogen) atoms. The predicted molar refractivity (Wildman–Crippen MR) is 66.3 cm³/mol. The number of carbonyl (C=O) groups is 2. The molecule has 0 spiro atoms. The first-order chi connectivity index (χ1) is 8.54. The van der Waals surface area contributed by atoms with Crippen LogP contribution in [0.5, 0.6) is 5.75 Å². The van der Waals surface area contributed by atoms with Gasteiger partial charge in [0, 0.05) is 0 Å². The first-order valence-electron chi connectivity index (χ1n) is 5.05. The molecule has 1 atom stereocenters. The highest BCUT2D eigenvalue weighted by atomic mass is 79.9. The first kappa shape index (κ1) is 14.5. The number of amides is 1. The fourth-order valence-corrected chi connectivity index (χ4v) is 1.53. The van der Waals surface area contributed by atoms with E-state index in [2.05, 4.69) is 21.2 Å². The number of carboxylic acid groups (broad SMARTS) is 1. The third-order valence-corrected chi connectivity index (χ3v) is 2.67. The summed E-state index contributed by atoms with van der Waals surface area (Å²) in [6.07, 6.45) is 0. The van der Waals surface area contributed by atoms with Gasteiger partial charge in [0.15, 0.2) is 6.61 Å². The van der Waals surface area contributed by atoms with Crippen molar-refractivity contribution in [1.29, 1.82) is 0 Å². The molecule has 1 aromatic rings.